The molecule has 0 N–H and O–H groups in total. The van der Waals surface area contributed by atoms with Gasteiger partial charge in [-0.2, -0.15) is 0 Å². The van der Waals surface area contributed by atoms with Crippen molar-refractivity contribution in [1.29, 1.82) is 0 Å². The molecule has 1 aliphatic rings. The maximum Gasteiger partial charge on any atom is 0.140 e. The molecule has 0 spiro atoms. The lowest BCUT2D eigenvalue weighted by molar-refractivity contribution is 1.26. The third-order valence-corrected chi connectivity index (χ3v) is 3.03. The van der Waals surface area contributed by atoms with Crippen molar-refractivity contribution in [2.45, 2.75) is 6.42 Å². The van der Waals surface area contributed by atoms with E-state index < -0.39 is 0 Å². The second-order valence-corrected chi connectivity index (χ2v) is 3.94. The fourth-order valence-electron chi connectivity index (χ4n) is 2.38. The van der Waals surface area contributed by atoms with Crippen LogP contribution in [0.4, 0.5) is 0 Å². The SMILES string of the molecule is Bc1cccc2c1-c1ccccc1C2. The third-order valence-electron chi connectivity index (χ3n) is 3.03. The summed E-state index contributed by atoms with van der Waals surface area (Å²) in [7, 11) is 2.20. The van der Waals surface area contributed by atoms with E-state index in [1.807, 2.05) is 0 Å². The summed E-state index contributed by atoms with van der Waals surface area (Å²) >= 11 is 0. The van der Waals surface area contributed by atoms with Crippen molar-refractivity contribution in [3.8, 4) is 11.1 Å². The van der Waals surface area contributed by atoms with Crippen LogP contribution in [0.1, 0.15) is 11.1 Å². The Bertz CT molecular complexity index is 500. The Morgan fingerprint density at radius 1 is 0.857 bits per heavy atom. The molecule has 0 unspecified atom stereocenters. The smallest absolute Gasteiger partial charge is 0.0810 e. The lowest BCUT2D eigenvalue weighted by atomic mass is 9.87. The second-order valence-electron chi connectivity index (χ2n) is 3.94. The van der Waals surface area contributed by atoms with Gasteiger partial charge in [-0.15, -0.1) is 0 Å². The van der Waals surface area contributed by atoms with Crippen LogP contribution in [0.3, 0.4) is 0 Å². The molecule has 0 aliphatic heterocycles. The van der Waals surface area contributed by atoms with Crippen molar-refractivity contribution in [2.24, 2.45) is 0 Å². The van der Waals surface area contributed by atoms with E-state index in [4.69, 9.17) is 0 Å². The minimum Gasteiger partial charge on any atom is -0.0810 e. The number of benzene rings is 2. The highest BCUT2D eigenvalue weighted by atomic mass is 14.2. The van der Waals surface area contributed by atoms with E-state index >= 15 is 0 Å². The van der Waals surface area contributed by atoms with Gasteiger partial charge in [0.05, 0.1) is 0 Å². The average Bonchev–Trinajstić information content (AvgIpc) is 2.57. The number of hydrogen-bond acceptors (Lipinski definition) is 0. The van der Waals surface area contributed by atoms with Gasteiger partial charge in [-0.3, -0.25) is 0 Å². The summed E-state index contributed by atoms with van der Waals surface area (Å²) in [4.78, 5) is 0. The summed E-state index contributed by atoms with van der Waals surface area (Å²) in [6.45, 7) is 0. The van der Waals surface area contributed by atoms with Gasteiger partial charge in [0.15, 0.2) is 0 Å². The third kappa shape index (κ3) is 0.956. The summed E-state index contributed by atoms with van der Waals surface area (Å²) in [6, 6.07) is 15.3. The summed E-state index contributed by atoms with van der Waals surface area (Å²) < 4.78 is 0. The number of fused-ring (bicyclic) bond motifs is 3. The van der Waals surface area contributed by atoms with Gasteiger partial charge in [0.2, 0.25) is 0 Å². The molecule has 0 fully saturated rings. The highest BCUT2D eigenvalue weighted by molar-refractivity contribution is 6.36. The van der Waals surface area contributed by atoms with Gasteiger partial charge in [0, 0.05) is 0 Å². The van der Waals surface area contributed by atoms with Gasteiger partial charge < -0.3 is 0 Å². The molecule has 0 amide bonds. The fourth-order valence-corrected chi connectivity index (χ4v) is 2.38. The van der Waals surface area contributed by atoms with Gasteiger partial charge in [0.25, 0.3) is 0 Å². The molecule has 0 atom stereocenters. The van der Waals surface area contributed by atoms with Gasteiger partial charge in [0.1, 0.15) is 7.85 Å². The van der Waals surface area contributed by atoms with Crippen molar-refractivity contribution < 1.29 is 0 Å². The molecule has 2 aromatic rings. The Kier molecular flexibility index (Phi) is 1.54. The first-order valence-electron chi connectivity index (χ1n) is 5.03. The Morgan fingerprint density at radius 3 is 2.57 bits per heavy atom. The molecule has 14 heavy (non-hydrogen) atoms. The molecule has 0 bridgehead atoms. The molecule has 0 aromatic heterocycles. The van der Waals surface area contributed by atoms with Crippen LogP contribution in [0, 0.1) is 0 Å². The zero-order valence-electron chi connectivity index (χ0n) is 8.25. The van der Waals surface area contributed by atoms with Crippen LogP contribution < -0.4 is 5.46 Å². The Morgan fingerprint density at radius 2 is 1.64 bits per heavy atom. The van der Waals surface area contributed by atoms with E-state index in [0.717, 1.165) is 6.42 Å². The van der Waals surface area contributed by atoms with Gasteiger partial charge >= 0.3 is 0 Å². The molecule has 1 heteroatoms. The van der Waals surface area contributed by atoms with Crippen molar-refractivity contribution in [3.63, 3.8) is 0 Å². The van der Waals surface area contributed by atoms with E-state index in [-0.39, 0.29) is 0 Å². The maximum atomic E-state index is 2.24. The van der Waals surface area contributed by atoms with Crippen molar-refractivity contribution in [2.75, 3.05) is 0 Å². The molecule has 1 aliphatic carbocycles. The van der Waals surface area contributed by atoms with E-state index in [9.17, 15) is 0 Å². The molecule has 0 heterocycles. The topological polar surface area (TPSA) is 0 Å². The Balaban J connectivity index is 2.35. The standard InChI is InChI=1S/C13H11B/c14-12-7-3-5-10-8-9-4-1-2-6-11(9)13(10)12/h1-7H,8,14H2. The van der Waals surface area contributed by atoms with Crippen LogP contribution >= 0.6 is 0 Å². The second kappa shape index (κ2) is 2.75. The van der Waals surface area contributed by atoms with Crippen LogP contribution in [-0.2, 0) is 6.42 Å². The highest BCUT2D eigenvalue weighted by Gasteiger charge is 2.18. The molecular weight excluding hydrogens is 167 g/mol. The predicted molar refractivity (Wildman–Crippen MR) is 62.9 cm³/mol. The zero-order chi connectivity index (χ0) is 9.54. The number of rotatable bonds is 0. The van der Waals surface area contributed by atoms with E-state index in [1.54, 1.807) is 0 Å². The Labute approximate surface area is 85.0 Å². The monoisotopic (exact) mass is 178 g/mol. The fraction of sp³-hybridized carbons (Fsp3) is 0.0769. The van der Waals surface area contributed by atoms with Gasteiger partial charge in [-0.25, -0.2) is 0 Å². The van der Waals surface area contributed by atoms with Crippen molar-refractivity contribution in [1.82, 2.24) is 0 Å². The summed E-state index contributed by atoms with van der Waals surface area (Å²) in [5.41, 5.74) is 7.24. The molecular formula is C13H11B. The molecule has 2 aromatic carbocycles. The first-order valence-corrected chi connectivity index (χ1v) is 5.03. The first-order chi connectivity index (χ1) is 6.86. The van der Waals surface area contributed by atoms with Crippen molar-refractivity contribution >= 4 is 13.3 Å². The highest BCUT2D eigenvalue weighted by Crippen LogP contribution is 2.34. The van der Waals surface area contributed by atoms with Crippen molar-refractivity contribution in [3.05, 3.63) is 53.6 Å². The first kappa shape index (κ1) is 7.87. The minimum absolute atomic E-state index is 1.10. The van der Waals surface area contributed by atoms with Crippen LogP contribution in [0.2, 0.25) is 0 Å². The summed E-state index contributed by atoms with van der Waals surface area (Å²) in [5, 5.41) is 0. The van der Waals surface area contributed by atoms with E-state index in [0.29, 0.717) is 0 Å². The normalized spacial score (nSPS) is 12.3. The molecule has 0 nitrogen and oxygen atoms in total. The molecule has 0 saturated carbocycles. The van der Waals surface area contributed by atoms with E-state index in [1.165, 1.54) is 27.7 Å². The summed E-state index contributed by atoms with van der Waals surface area (Å²) in [5.74, 6) is 0. The molecule has 0 radical (unpaired) electrons. The Hall–Kier alpha value is -1.50. The summed E-state index contributed by atoms with van der Waals surface area (Å²) in [6.07, 6.45) is 1.10. The largest absolute Gasteiger partial charge is 0.140 e. The van der Waals surface area contributed by atoms with Crippen LogP contribution in [0.15, 0.2) is 42.5 Å². The lowest BCUT2D eigenvalue weighted by Gasteiger charge is -2.04. The van der Waals surface area contributed by atoms with Crippen LogP contribution in [0.25, 0.3) is 11.1 Å². The molecule has 66 valence electrons. The van der Waals surface area contributed by atoms with Gasteiger partial charge in [-0.1, -0.05) is 47.9 Å². The van der Waals surface area contributed by atoms with Crippen LogP contribution in [-0.4, -0.2) is 7.85 Å². The maximum absolute atomic E-state index is 2.24. The lowest BCUT2D eigenvalue weighted by Crippen LogP contribution is -2.05. The zero-order valence-corrected chi connectivity index (χ0v) is 8.25. The molecule has 3 rings (SSSR count). The average molecular weight is 178 g/mol. The predicted octanol–water partition coefficient (Wildman–Crippen LogP) is 1.52. The molecule has 0 saturated heterocycles. The van der Waals surface area contributed by atoms with Gasteiger partial charge in [-0.05, 0) is 28.7 Å². The van der Waals surface area contributed by atoms with E-state index in [2.05, 4.69) is 50.3 Å². The number of hydrogen-bond donors (Lipinski definition) is 0. The minimum atomic E-state index is 1.10. The van der Waals surface area contributed by atoms with Crippen LogP contribution in [0.5, 0.6) is 0 Å². The quantitative estimate of drug-likeness (QED) is 0.458.